The number of nitro benzene ring substituents is 1. The van der Waals surface area contributed by atoms with Crippen molar-refractivity contribution in [3.05, 3.63) is 64.6 Å². The van der Waals surface area contributed by atoms with Crippen LogP contribution in [0.2, 0.25) is 0 Å². The molecule has 2 heterocycles. The first-order valence-corrected chi connectivity index (χ1v) is 8.51. The minimum atomic E-state index is -0.900. The molecule has 0 atom stereocenters. The Labute approximate surface area is 161 Å². The predicted octanol–water partition coefficient (Wildman–Crippen LogP) is 4.54. The zero-order valence-corrected chi connectivity index (χ0v) is 15.6. The number of nitrogens with zero attached hydrogens (tertiary/aromatic N) is 4. The van der Waals surface area contributed by atoms with Crippen LogP contribution in [0, 0.1) is 15.9 Å². The number of pyridine rings is 1. The summed E-state index contributed by atoms with van der Waals surface area (Å²) >= 11 is 0. The second kappa shape index (κ2) is 7.55. The molecule has 0 aliphatic rings. The summed E-state index contributed by atoms with van der Waals surface area (Å²) in [6.45, 7) is 5.92. The SMILES string of the molecule is CC(C)(C)Nc1nc(Nc2ccc(F)c([N+](=O)[O-])c2)cc(-c2ccccn2)n1. The summed E-state index contributed by atoms with van der Waals surface area (Å²) in [6, 6.07) is 10.7. The van der Waals surface area contributed by atoms with Crippen molar-refractivity contribution in [1.29, 1.82) is 0 Å². The smallest absolute Gasteiger partial charge is 0.306 e. The van der Waals surface area contributed by atoms with Gasteiger partial charge in [0.1, 0.15) is 5.82 Å². The summed E-state index contributed by atoms with van der Waals surface area (Å²) in [5.74, 6) is -0.138. The van der Waals surface area contributed by atoms with Crippen LogP contribution in [0.1, 0.15) is 20.8 Å². The summed E-state index contributed by atoms with van der Waals surface area (Å²) < 4.78 is 13.6. The van der Waals surface area contributed by atoms with Gasteiger partial charge in [0.2, 0.25) is 11.8 Å². The number of rotatable bonds is 5. The molecular weight excluding hydrogens is 363 g/mol. The van der Waals surface area contributed by atoms with Crippen LogP contribution < -0.4 is 10.6 Å². The molecule has 3 rings (SSSR count). The lowest BCUT2D eigenvalue weighted by atomic mass is 10.1. The Morgan fingerprint density at radius 3 is 2.50 bits per heavy atom. The quantitative estimate of drug-likeness (QED) is 0.493. The van der Waals surface area contributed by atoms with Gasteiger partial charge in [-0.25, -0.2) is 4.98 Å². The number of benzene rings is 1. The van der Waals surface area contributed by atoms with E-state index >= 15 is 0 Å². The van der Waals surface area contributed by atoms with Crippen LogP contribution in [0.15, 0.2) is 48.7 Å². The van der Waals surface area contributed by atoms with Gasteiger partial charge in [-0.3, -0.25) is 15.1 Å². The van der Waals surface area contributed by atoms with Gasteiger partial charge in [0.25, 0.3) is 0 Å². The molecule has 0 spiro atoms. The summed E-state index contributed by atoms with van der Waals surface area (Å²) in [5, 5.41) is 17.1. The molecule has 2 N–H and O–H groups in total. The highest BCUT2D eigenvalue weighted by atomic mass is 19.1. The molecule has 0 aliphatic heterocycles. The molecule has 0 saturated carbocycles. The lowest BCUT2D eigenvalue weighted by Gasteiger charge is -2.21. The van der Waals surface area contributed by atoms with Crippen molar-refractivity contribution in [2.75, 3.05) is 10.6 Å². The van der Waals surface area contributed by atoms with E-state index < -0.39 is 16.4 Å². The molecule has 2 aromatic heterocycles. The van der Waals surface area contributed by atoms with Crippen LogP contribution >= 0.6 is 0 Å². The van der Waals surface area contributed by atoms with Crippen molar-refractivity contribution in [1.82, 2.24) is 15.0 Å². The van der Waals surface area contributed by atoms with Gasteiger partial charge in [0.05, 0.1) is 16.3 Å². The van der Waals surface area contributed by atoms with Crippen molar-refractivity contribution in [3.63, 3.8) is 0 Å². The zero-order valence-electron chi connectivity index (χ0n) is 15.6. The highest BCUT2D eigenvalue weighted by Crippen LogP contribution is 2.26. The number of anilines is 3. The molecule has 8 nitrogen and oxygen atoms in total. The fourth-order valence-electron chi connectivity index (χ4n) is 2.43. The highest BCUT2D eigenvalue weighted by Gasteiger charge is 2.17. The van der Waals surface area contributed by atoms with E-state index in [2.05, 4.69) is 25.6 Å². The molecule has 0 fully saturated rings. The van der Waals surface area contributed by atoms with Gasteiger partial charge in [0, 0.05) is 29.6 Å². The van der Waals surface area contributed by atoms with Crippen molar-refractivity contribution >= 4 is 23.1 Å². The topological polar surface area (TPSA) is 106 Å². The monoisotopic (exact) mass is 382 g/mol. The Morgan fingerprint density at radius 1 is 1.07 bits per heavy atom. The van der Waals surface area contributed by atoms with E-state index in [-0.39, 0.29) is 5.54 Å². The molecule has 0 bridgehead atoms. The van der Waals surface area contributed by atoms with Crippen LogP contribution in [-0.4, -0.2) is 25.4 Å². The van der Waals surface area contributed by atoms with E-state index in [1.54, 1.807) is 18.3 Å². The zero-order chi connectivity index (χ0) is 20.3. The van der Waals surface area contributed by atoms with Crippen molar-refractivity contribution in [3.8, 4) is 11.4 Å². The molecule has 3 aromatic rings. The van der Waals surface area contributed by atoms with Crippen molar-refractivity contribution < 1.29 is 9.31 Å². The van der Waals surface area contributed by atoms with Gasteiger partial charge < -0.3 is 10.6 Å². The van der Waals surface area contributed by atoms with E-state index in [0.29, 0.717) is 28.8 Å². The minimum absolute atomic E-state index is 0.283. The van der Waals surface area contributed by atoms with Crippen molar-refractivity contribution in [2.45, 2.75) is 26.3 Å². The number of aromatic nitrogens is 3. The van der Waals surface area contributed by atoms with E-state index in [4.69, 9.17) is 0 Å². The van der Waals surface area contributed by atoms with Gasteiger partial charge >= 0.3 is 5.69 Å². The fraction of sp³-hybridized carbons (Fsp3) is 0.211. The Morgan fingerprint density at radius 2 is 1.86 bits per heavy atom. The Bertz CT molecular complexity index is 1010. The van der Waals surface area contributed by atoms with Gasteiger partial charge in [-0.1, -0.05) is 6.07 Å². The molecule has 144 valence electrons. The predicted molar refractivity (Wildman–Crippen MR) is 105 cm³/mol. The van der Waals surface area contributed by atoms with E-state index in [0.717, 1.165) is 12.1 Å². The van der Waals surface area contributed by atoms with Crippen molar-refractivity contribution in [2.24, 2.45) is 0 Å². The van der Waals surface area contributed by atoms with Crippen LogP contribution in [0.25, 0.3) is 11.4 Å². The van der Waals surface area contributed by atoms with Crippen LogP contribution in [0.3, 0.4) is 0 Å². The Hall–Kier alpha value is -3.62. The molecular formula is C19H19FN6O2. The van der Waals surface area contributed by atoms with Gasteiger partial charge in [-0.15, -0.1) is 0 Å². The summed E-state index contributed by atoms with van der Waals surface area (Å²) in [7, 11) is 0. The maximum atomic E-state index is 13.6. The molecule has 0 aliphatic carbocycles. The molecule has 28 heavy (non-hydrogen) atoms. The number of nitro groups is 1. The maximum Gasteiger partial charge on any atom is 0.306 e. The highest BCUT2D eigenvalue weighted by molar-refractivity contribution is 5.66. The third-order valence-corrected chi connectivity index (χ3v) is 3.56. The van der Waals surface area contributed by atoms with E-state index in [1.807, 2.05) is 32.9 Å². The Kier molecular flexibility index (Phi) is 5.16. The lowest BCUT2D eigenvalue weighted by Crippen LogP contribution is -2.27. The van der Waals surface area contributed by atoms with Crippen LogP contribution in [0.4, 0.5) is 27.5 Å². The van der Waals surface area contributed by atoms with E-state index in [1.165, 1.54) is 6.07 Å². The minimum Gasteiger partial charge on any atom is -0.350 e. The second-order valence-electron chi connectivity index (χ2n) is 7.10. The number of halogens is 1. The van der Waals surface area contributed by atoms with Gasteiger partial charge in [0.15, 0.2) is 0 Å². The summed E-state index contributed by atoms with van der Waals surface area (Å²) in [5.41, 5.74) is 0.656. The molecule has 0 saturated heterocycles. The third-order valence-electron chi connectivity index (χ3n) is 3.56. The number of hydrogen-bond donors (Lipinski definition) is 2. The first-order valence-electron chi connectivity index (χ1n) is 8.51. The Balaban J connectivity index is 2.01. The van der Waals surface area contributed by atoms with Crippen LogP contribution in [0.5, 0.6) is 0 Å². The first kappa shape index (κ1) is 19.2. The fourth-order valence-corrected chi connectivity index (χ4v) is 2.43. The largest absolute Gasteiger partial charge is 0.350 e. The number of hydrogen-bond acceptors (Lipinski definition) is 7. The standard InChI is InChI=1S/C19H19FN6O2/c1-19(2,3)25-18-23-15(14-6-4-5-9-21-14)11-17(24-18)22-12-7-8-13(20)16(10-12)26(27)28/h4-11H,1-3H3,(H2,22,23,24,25). The molecule has 0 unspecified atom stereocenters. The first-order chi connectivity index (χ1) is 13.2. The maximum absolute atomic E-state index is 13.6. The normalized spacial score (nSPS) is 11.1. The third kappa shape index (κ3) is 4.76. The molecule has 0 radical (unpaired) electrons. The average Bonchev–Trinajstić information content (AvgIpc) is 2.62. The lowest BCUT2D eigenvalue weighted by molar-refractivity contribution is -0.387. The molecule has 0 amide bonds. The molecule has 1 aromatic carbocycles. The van der Waals surface area contributed by atoms with Gasteiger partial charge in [-0.2, -0.15) is 9.37 Å². The molecule has 9 heteroatoms. The van der Waals surface area contributed by atoms with E-state index in [9.17, 15) is 14.5 Å². The van der Waals surface area contributed by atoms with Gasteiger partial charge in [-0.05, 0) is 45.0 Å². The van der Waals surface area contributed by atoms with Crippen LogP contribution in [-0.2, 0) is 0 Å². The summed E-state index contributed by atoms with van der Waals surface area (Å²) in [4.78, 5) is 23.4. The summed E-state index contributed by atoms with van der Waals surface area (Å²) in [6.07, 6.45) is 1.66. The number of nitrogens with one attached hydrogen (secondary N) is 2. The second-order valence-corrected chi connectivity index (χ2v) is 7.10. The average molecular weight is 382 g/mol.